The zero-order chi connectivity index (χ0) is 17.4. The fourth-order valence-electron chi connectivity index (χ4n) is 3.08. The van der Waals surface area contributed by atoms with Gasteiger partial charge in [0.2, 0.25) is 0 Å². The van der Waals surface area contributed by atoms with Crippen LogP contribution in [0.1, 0.15) is 21.5 Å². The molecule has 0 saturated heterocycles. The molecule has 0 aliphatic rings. The lowest BCUT2D eigenvalue weighted by Crippen LogP contribution is -1.96. The van der Waals surface area contributed by atoms with Crippen molar-refractivity contribution in [2.24, 2.45) is 0 Å². The molecular weight excluding hydrogens is 310 g/mol. The Bertz CT molecular complexity index is 1060. The second-order valence-corrected chi connectivity index (χ2v) is 6.24. The molecule has 0 unspecified atom stereocenters. The molecule has 4 aromatic rings. The van der Waals surface area contributed by atoms with E-state index in [0.29, 0.717) is 5.56 Å². The lowest BCUT2D eigenvalue weighted by atomic mass is 10.1. The number of nitrogens with zero attached hydrogens (tertiary/aromatic N) is 3. The number of aromatic nitrogens is 3. The fraction of sp³-hybridized carbons (Fsp3) is 0.0952. The summed E-state index contributed by atoms with van der Waals surface area (Å²) in [6.45, 7) is 4.17. The first kappa shape index (κ1) is 15.3. The van der Waals surface area contributed by atoms with E-state index in [4.69, 9.17) is 4.98 Å². The standard InChI is InChI=1S/C21H17N3O/c1-14-9-15(2)11-17(10-14)20-12-22-19-7-8-24(21(19)23-20)18-5-3-16(13-25)4-6-18/h3-13H,1-2H3. The third-order valence-corrected chi connectivity index (χ3v) is 4.22. The van der Waals surface area contributed by atoms with Crippen LogP contribution in [0.15, 0.2) is 60.9 Å². The Morgan fingerprint density at radius 2 is 1.68 bits per heavy atom. The molecule has 2 heterocycles. The van der Waals surface area contributed by atoms with Crippen molar-refractivity contribution < 1.29 is 4.79 Å². The number of hydrogen-bond donors (Lipinski definition) is 0. The lowest BCUT2D eigenvalue weighted by molar-refractivity contribution is 0.112. The molecule has 0 fully saturated rings. The van der Waals surface area contributed by atoms with Gasteiger partial charge in [-0.2, -0.15) is 0 Å². The van der Waals surface area contributed by atoms with Crippen LogP contribution in [0.4, 0.5) is 0 Å². The van der Waals surface area contributed by atoms with Crippen molar-refractivity contribution in [3.63, 3.8) is 0 Å². The summed E-state index contributed by atoms with van der Waals surface area (Å²) in [5, 5.41) is 0. The minimum absolute atomic E-state index is 0.655. The number of benzene rings is 2. The molecule has 4 rings (SSSR count). The highest BCUT2D eigenvalue weighted by atomic mass is 16.1. The minimum Gasteiger partial charge on any atom is -0.300 e. The summed E-state index contributed by atoms with van der Waals surface area (Å²) in [5.74, 6) is 0. The summed E-state index contributed by atoms with van der Waals surface area (Å²) in [5.41, 5.74) is 7.57. The highest BCUT2D eigenvalue weighted by Gasteiger charge is 2.09. The molecule has 4 heteroatoms. The van der Waals surface area contributed by atoms with Gasteiger partial charge in [0.25, 0.3) is 0 Å². The molecule has 0 N–H and O–H groups in total. The van der Waals surface area contributed by atoms with Crippen LogP contribution in [0, 0.1) is 13.8 Å². The van der Waals surface area contributed by atoms with Crippen LogP contribution in [0.5, 0.6) is 0 Å². The Morgan fingerprint density at radius 3 is 2.36 bits per heavy atom. The largest absolute Gasteiger partial charge is 0.300 e. The van der Waals surface area contributed by atoms with Crippen molar-refractivity contribution in [1.82, 2.24) is 14.5 Å². The minimum atomic E-state index is 0.655. The second-order valence-electron chi connectivity index (χ2n) is 6.24. The summed E-state index contributed by atoms with van der Waals surface area (Å²) in [6, 6.07) is 15.8. The first-order valence-electron chi connectivity index (χ1n) is 8.12. The average molecular weight is 327 g/mol. The van der Waals surface area contributed by atoms with E-state index in [2.05, 4.69) is 37.0 Å². The fourth-order valence-corrected chi connectivity index (χ4v) is 3.08. The highest BCUT2D eigenvalue weighted by molar-refractivity contribution is 5.78. The average Bonchev–Trinajstić information content (AvgIpc) is 3.04. The molecule has 0 amide bonds. The molecule has 0 atom stereocenters. The quantitative estimate of drug-likeness (QED) is 0.520. The van der Waals surface area contributed by atoms with Crippen LogP contribution in [-0.4, -0.2) is 20.8 Å². The van der Waals surface area contributed by atoms with Gasteiger partial charge in [0.1, 0.15) is 11.8 Å². The molecule has 2 aromatic heterocycles. The van der Waals surface area contributed by atoms with Crippen LogP contribution in [-0.2, 0) is 0 Å². The number of rotatable bonds is 3. The third-order valence-electron chi connectivity index (χ3n) is 4.22. The molecule has 2 aromatic carbocycles. The van der Waals surface area contributed by atoms with Crippen molar-refractivity contribution in [1.29, 1.82) is 0 Å². The Balaban J connectivity index is 1.85. The number of fused-ring (bicyclic) bond motifs is 1. The zero-order valence-corrected chi connectivity index (χ0v) is 14.1. The molecule has 0 radical (unpaired) electrons. The first-order valence-corrected chi connectivity index (χ1v) is 8.12. The number of carbonyl (C=O) groups excluding carboxylic acids is 1. The normalized spacial score (nSPS) is 11.0. The molecule has 0 bridgehead atoms. The summed E-state index contributed by atoms with van der Waals surface area (Å²) in [6.07, 6.45) is 4.61. The van der Waals surface area contributed by atoms with Gasteiger partial charge in [0.05, 0.1) is 11.9 Å². The Labute approximate surface area is 145 Å². The maximum atomic E-state index is 10.8. The van der Waals surface area contributed by atoms with E-state index in [1.54, 1.807) is 12.1 Å². The van der Waals surface area contributed by atoms with Crippen LogP contribution in [0.25, 0.3) is 28.1 Å². The zero-order valence-electron chi connectivity index (χ0n) is 14.1. The maximum absolute atomic E-state index is 10.8. The third kappa shape index (κ3) is 2.83. The maximum Gasteiger partial charge on any atom is 0.163 e. The number of hydrogen-bond acceptors (Lipinski definition) is 3. The van der Waals surface area contributed by atoms with E-state index < -0.39 is 0 Å². The first-order chi connectivity index (χ1) is 12.1. The Kier molecular flexibility index (Phi) is 3.65. The van der Waals surface area contributed by atoms with Crippen molar-refractivity contribution in [3.05, 3.63) is 77.6 Å². The van der Waals surface area contributed by atoms with Crippen molar-refractivity contribution in [2.75, 3.05) is 0 Å². The van der Waals surface area contributed by atoms with Gasteiger partial charge in [-0.1, -0.05) is 17.2 Å². The van der Waals surface area contributed by atoms with Gasteiger partial charge in [0, 0.05) is 23.0 Å². The molecule has 122 valence electrons. The molecule has 0 spiro atoms. The van der Waals surface area contributed by atoms with E-state index in [0.717, 1.165) is 34.4 Å². The van der Waals surface area contributed by atoms with Gasteiger partial charge < -0.3 is 0 Å². The van der Waals surface area contributed by atoms with E-state index in [1.165, 1.54) is 11.1 Å². The van der Waals surface area contributed by atoms with Crippen LogP contribution in [0.2, 0.25) is 0 Å². The van der Waals surface area contributed by atoms with Gasteiger partial charge in [-0.15, -0.1) is 0 Å². The Morgan fingerprint density at radius 1 is 0.960 bits per heavy atom. The predicted octanol–water partition coefficient (Wildman–Crippen LogP) is 4.52. The molecule has 0 aliphatic heterocycles. The van der Waals surface area contributed by atoms with E-state index in [9.17, 15) is 4.79 Å². The molecule has 25 heavy (non-hydrogen) atoms. The van der Waals surface area contributed by atoms with Crippen LogP contribution in [0.3, 0.4) is 0 Å². The Hall–Kier alpha value is -3.27. The topological polar surface area (TPSA) is 47.8 Å². The summed E-state index contributed by atoms with van der Waals surface area (Å²) in [7, 11) is 0. The summed E-state index contributed by atoms with van der Waals surface area (Å²) >= 11 is 0. The highest BCUT2D eigenvalue weighted by Crippen LogP contribution is 2.24. The molecule has 0 aliphatic carbocycles. The number of carbonyl (C=O) groups is 1. The van der Waals surface area contributed by atoms with E-state index in [-0.39, 0.29) is 0 Å². The van der Waals surface area contributed by atoms with Crippen molar-refractivity contribution >= 4 is 17.5 Å². The van der Waals surface area contributed by atoms with Crippen LogP contribution >= 0.6 is 0 Å². The summed E-state index contributed by atoms with van der Waals surface area (Å²) < 4.78 is 1.99. The lowest BCUT2D eigenvalue weighted by Gasteiger charge is -2.07. The van der Waals surface area contributed by atoms with E-state index in [1.807, 2.05) is 35.2 Å². The van der Waals surface area contributed by atoms with Gasteiger partial charge >= 0.3 is 0 Å². The van der Waals surface area contributed by atoms with Gasteiger partial charge in [-0.25, -0.2) is 4.98 Å². The van der Waals surface area contributed by atoms with E-state index >= 15 is 0 Å². The monoisotopic (exact) mass is 327 g/mol. The number of aryl methyl sites for hydroxylation is 2. The van der Waals surface area contributed by atoms with Gasteiger partial charge in [-0.3, -0.25) is 14.3 Å². The molecule has 4 nitrogen and oxygen atoms in total. The predicted molar refractivity (Wildman–Crippen MR) is 99.2 cm³/mol. The summed E-state index contributed by atoms with van der Waals surface area (Å²) in [4.78, 5) is 20.2. The van der Waals surface area contributed by atoms with Gasteiger partial charge in [-0.05, 0) is 56.3 Å². The second kappa shape index (κ2) is 5.98. The molecular formula is C21H17N3O. The molecule has 0 saturated carbocycles. The van der Waals surface area contributed by atoms with Crippen LogP contribution < -0.4 is 0 Å². The van der Waals surface area contributed by atoms with Crippen molar-refractivity contribution in [3.8, 4) is 16.9 Å². The van der Waals surface area contributed by atoms with Crippen molar-refractivity contribution in [2.45, 2.75) is 13.8 Å². The smallest absolute Gasteiger partial charge is 0.163 e. The number of aldehydes is 1. The van der Waals surface area contributed by atoms with Gasteiger partial charge in [0.15, 0.2) is 5.65 Å². The SMILES string of the molecule is Cc1cc(C)cc(-c2cnc3ccn(-c4ccc(C=O)cc4)c3n2)c1.